The molecule has 1 aliphatic rings. The minimum absolute atomic E-state index is 0.00143. The Balaban J connectivity index is 1.83. The first-order valence-corrected chi connectivity index (χ1v) is 7.64. The number of benzene rings is 1. The highest BCUT2D eigenvalue weighted by Gasteiger charge is 2.26. The van der Waals surface area contributed by atoms with Gasteiger partial charge in [-0.3, -0.25) is 19.4 Å². The number of urea groups is 1. The highest BCUT2D eigenvalue weighted by molar-refractivity contribution is 6.42. The summed E-state index contributed by atoms with van der Waals surface area (Å²) in [7, 11) is 1.63. The quantitative estimate of drug-likeness (QED) is 0.833. The largest absolute Gasteiger partial charge is 0.336 e. The van der Waals surface area contributed by atoms with Crippen LogP contribution in [0, 0.1) is 0 Å². The summed E-state index contributed by atoms with van der Waals surface area (Å²) in [6, 6.07) is 4.36. The van der Waals surface area contributed by atoms with E-state index in [4.69, 9.17) is 23.2 Å². The van der Waals surface area contributed by atoms with E-state index >= 15 is 0 Å². The van der Waals surface area contributed by atoms with Crippen molar-refractivity contribution < 1.29 is 14.4 Å². The van der Waals surface area contributed by atoms with Gasteiger partial charge in [0.1, 0.15) is 0 Å². The smallest absolute Gasteiger partial charge is 0.324 e. The Morgan fingerprint density at radius 2 is 2.04 bits per heavy atom. The second kappa shape index (κ2) is 7.63. The summed E-state index contributed by atoms with van der Waals surface area (Å²) in [4.78, 5) is 38.0. The average molecular weight is 359 g/mol. The number of nitrogens with zero attached hydrogens (tertiary/aromatic N) is 2. The first-order chi connectivity index (χ1) is 10.9. The van der Waals surface area contributed by atoms with E-state index in [0.717, 1.165) is 4.90 Å². The molecule has 9 heteroatoms. The van der Waals surface area contributed by atoms with E-state index < -0.39 is 6.03 Å². The number of amides is 4. The number of nitrogens with one attached hydrogen (secondary N) is 2. The Bertz CT molecular complexity index is 638. The topological polar surface area (TPSA) is 81.8 Å². The van der Waals surface area contributed by atoms with E-state index in [-0.39, 0.29) is 24.9 Å². The normalized spacial score (nSPS) is 14.1. The molecule has 1 aliphatic heterocycles. The van der Waals surface area contributed by atoms with Crippen molar-refractivity contribution in [1.29, 1.82) is 0 Å². The standard InChI is InChI=1S/C14H16Cl2N4O3/c1-19(8-13(22)20-5-4-17-14(20)23)7-12(21)18-9-2-3-10(15)11(16)6-9/h2-3,6H,4-5,7-8H2,1H3,(H,17,23)(H,18,21). The minimum atomic E-state index is -0.399. The Kier molecular flexibility index (Phi) is 5.81. The van der Waals surface area contributed by atoms with E-state index in [0.29, 0.717) is 28.8 Å². The monoisotopic (exact) mass is 358 g/mol. The molecule has 0 spiro atoms. The Hall–Kier alpha value is -1.83. The van der Waals surface area contributed by atoms with Gasteiger partial charge in [0, 0.05) is 18.8 Å². The number of hydrogen-bond donors (Lipinski definition) is 2. The Morgan fingerprint density at radius 1 is 1.30 bits per heavy atom. The Morgan fingerprint density at radius 3 is 2.65 bits per heavy atom. The maximum atomic E-state index is 12.0. The number of anilines is 1. The van der Waals surface area contributed by atoms with Crippen molar-refractivity contribution in [2.24, 2.45) is 0 Å². The third-order valence-electron chi connectivity index (χ3n) is 3.18. The van der Waals surface area contributed by atoms with E-state index in [1.165, 1.54) is 4.90 Å². The third-order valence-corrected chi connectivity index (χ3v) is 3.92. The van der Waals surface area contributed by atoms with Crippen LogP contribution in [0.25, 0.3) is 0 Å². The molecule has 124 valence electrons. The molecule has 0 bridgehead atoms. The molecule has 2 N–H and O–H groups in total. The second-order valence-electron chi connectivity index (χ2n) is 5.13. The highest BCUT2D eigenvalue weighted by atomic mass is 35.5. The van der Waals surface area contributed by atoms with E-state index in [9.17, 15) is 14.4 Å². The maximum Gasteiger partial charge on any atom is 0.324 e. The van der Waals surface area contributed by atoms with Crippen LogP contribution in [0.2, 0.25) is 10.0 Å². The van der Waals surface area contributed by atoms with Crippen LogP contribution in [0.3, 0.4) is 0 Å². The maximum absolute atomic E-state index is 12.0. The average Bonchev–Trinajstić information content (AvgIpc) is 2.89. The predicted molar refractivity (Wildman–Crippen MR) is 87.7 cm³/mol. The van der Waals surface area contributed by atoms with Gasteiger partial charge < -0.3 is 10.6 Å². The first kappa shape index (κ1) is 17.5. The molecular formula is C14H16Cl2N4O3. The molecule has 0 aromatic heterocycles. The van der Waals surface area contributed by atoms with Gasteiger partial charge in [0.25, 0.3) is 0 Å². The second-order valence-corrected chi connectivity index (χ2v) is 5.94. The molecule has 0 saturated carbocycles. The first-order valence-electron chi connectivity index (χ1n) is 6.88. The summed E-state index contributed by atoms with van der Waals surface area (Å²) in [5, 5.41) is 5.96. The van der Waals surface area contributed by atoms with Crippen LogP contribution in [0.5, 0.6) is 0 Å². The lowest BCUT2D eigenvalue weighted by molar-refractivity contribution is -0.128. The number of carbonyl (C=O) groups excluding carboxylic acids is 3. The molecule has 0 aliphatic carbocycles. The van der Waals surface area contributed by atoms with Crippen molar-refractivity contribution in [2.75, 3.05) is 38.5 Å². The summed E-state index contributed by atoms with van der Waals surface area (Å²) in [5.41, 5.74) is 0.517. The molecular weight excluding hydrogens is 343 g/mol. The van der Waals surface area contributed by atoms with Crippen LogP contribution in [0.15, 0.2) is 18.2 Å². The molecule has 1 aromatic rings. The number of halogens is 2. The van der Waals surface area contributed by atoms with Crippen LogP contribution < -0.4 is 10.6 Å². The van der Waals surface area contributed by atoms with Gasteiger partial charge in [0.15, 0.2) is 0 Å². The van der Waals surface area contributed by atoms with Crippen molar-refractivity contribution in [3.8, 4) is 0 Å². The van der Waals surface area contributed by atoms with Crippen molar-refractivity contribution in [1.82, 2.24) is 15.1 Å². The van der Waals surface area contributed by atoms with Crippen LogP contribution in [0.1, 0.15) is 0 Å². The molecule has 23 heavy (non-hydrogen) atoms. The van der Waals surface area contributed by atoms with Crippen molar-refractivity contribution in [2.45, 2.75) is 0 Å². The van der Waals surface area contributed by atoms with Crippen LogP contribution in [-0.2, 0) is 9.59 Å². The number of rotatable bonds is 5. The molecule has 0 radical (unpaired) electrons. The van der Waals surface area contributed by atoms with Crippen molar-refractivity contribution >= 4 is 46.7 Å². The van der Waals surface area contributed by atoms with Crippen molar-refractivity contribution in [3.05, 3.63) is 28.2 Å². The zero-order valence-electron chi connectivity index (χ0n) is 12.4. The zero-order chi connectivity index (χ0) is 17.0. The van der Waals surface area contributed by atoms with Crippen molar-refractivity contribution in [3.63, 3.8) is 0 Å². The fraction of sp³-hybridized carbons (Fsp3) is 0.357. The minimum Gasteiger partial charge on any atom is -0.336 e. The van der Waals surface area contributed by atoms with Crippen LogP contribution in [0.4, 0.5) is 10.5 Å². The number of imide groups is 1. The molecule has 1 aromatic carbocycles. The highest BCUT2D eigenvalue weighted by Crippen LogP contribution is 2.24. The Labute approximate surface area is 143 Å². The zero-order valence-corrected chi connectivity index (χ0v) is 13.9. The molecule has 4 amide bonds. The van der Waals surface area contributed by atoms with Crippen LogP contribution in [-0.4, -0.2) is 60.9 Å². The lowest BCUT2D eigenvalue weighted by atomic mass is 10.3. The summed E-state index contributed by atoms with van der Waals surface area (Å²) in [5.74, 6) is -0.644. The SMILES string of the molecule is CN(CC(=O)Nc1ccc(Cl)c(Cl)c1)CC(=O)N1CCNC1=O. The third kappa shape index (κ3) is 4.82. The molecule has 0 unspecified atom stereocenters. The number of carbonyl (C=O) groups is 3. The lowest BCUT2D eigenvalue weighted by Gasteiger charge is -2.19. The summed E-state index contributed by atoms with van der Waals surface area (Å²) >= 11 is 11.7. The molecule has 1 fully saturated rings. The number of likely N-dealkylation sites (N-methyl/N-ethyl adjacent to an activating group) is 1. The van der Waals surface area contributed by atoms with Gasteiger partial charge in [-0.1, -0.05) is 23.2 Å². The predicted octanol–water partition coefficient (Wildman–Crippen LogP) is 1.42. The van der Waals surface area contributed by atoms with Gasteiger partial charge in [0.05, 0.1) is 23.1 Å². The van der Waals surface area contributed by atoms with E-state index in [1.54, 1.807) is 25.2 Å². The van der Waals surface area contributed by atoms with E-state index in [1.807, 2.05) is 0 Å². The molecule has 1 heterocycles. The lowest BCUT2D eigenvalue weighted by Crippen LogP contribution is -2.42. The van der Waals surface area contributed by atoms with E-state index in [2.05, 4.69) is 10.6 Å². The van der Waals surface area contributed by atoms with Gasteiger partial charge in [-0.2, -0.15) is 0 Å². The van der Waals surface area contributed by atoms with Gasteiger partial charge >= 0.3 is 6.03 Å². The fourth-order valence-corrected chi connectivity index (χ4v) is 2.40. The van der Waals surface area contributed by atoms with Gasteiger partial charge in [0.2, 0.25) is 11.8 Å². The summed E-state index contributed by atoms with van der Waals surface area (Å²) < 4.78 is 0. The molecule has 2 rings (SSSR count). The molecule has 0 atom stereocenters. The van der Waals surface area contributed by atoms with Crippen LogP contribution >= 0.6 is 23.2 Å². The number of hydrogen-bond acceptors (Lipinski definition) is 4. The van der Waals surface area contributed by atoms with Gasteiger partial charge in [-0.25, -0.2) is 4.79 Å². The van der Waals surface area contributed by atoms with Gasteiger partial charge in [-0.15, -0.1) is 0 Å². The fourth-order valence-electron chi connectivity index (χ4n) is 2.10. The molecule has 7 nitrogen and oxygen atoms in total. The van der Waals surface area contributed by atoms with Gasteiger partial charge in [-0.05, 0) is 25.2 Å². The molecule has 1 saturated heterocycles. The summed E-state index contributed by atoms with van der Waals surface area (Å²) in [6.07, 6.45) is 0. The summed E-state index contributed by atoms with van der Waals surface area (Å²) in [6.45, 7) is 0.775.